The summed E-state index contributed by atoms with van der Waals surface area (Å²) >= 11 is 0. The number of nitrogens with zero attached hydrogens (tertiary/aromatic N) is 1. The zero-order chi connectivity index (χ0) is 8.39. The van der Waals surface area contributed by atoms with Crippen LogP contribution in [0.15, 0.2) is 18.2 Å². The lowest BCUT2D eigenvalue weighted by atomic mass is 10.1. The largest absolute Gasteiger partial charge is 0.371 e. The lowest BCUT2D eigenvalue weighted by molar-refractivity contribution is 0.112. The molecule has 1 aromatic rings. The number of benzene rings is 1. The molecule has 12 heavy (non-hydrogen) atoms. The third-order valence-corrected chi connectivity index (χ3v) is 2.16. The van der Waals surface area contributed by atoms with E-state index in [0.29, 0.717) is 5.56 Å². The Morgan fingerprint density at radius 3 is 2.92 bits per heavy atom. The van der Waals surface area contributed by atoms with Gasteiger partial charge in [0.15, 0.2) is 6.29 Å². The Labute approximate surface area is 71.8 Å². The second-order valence-corrected chi connectivity index (χ2v) is 2.96. The Morgan fingerprint density at radius 2 is 2.33 bits per heavy atom. The third-order valence-electron chi connectivity index (χ3n) is 2.16. The van der Waals surface area contributed by atoms with Gasteiger partial charge in [0.05, 0.1) is 0 Å². The van der Waals surface area contributed by atoms with Gasteiger partial charge in [-0.05, 0) is 24.6 Å². The minimum absolute atomic E-state index is 0.638. The first-order valence-corrected chi connectivity index (χ1v) is 4.12. The molecule has 1 saturated heterocycles. The normalized spacial score (nSPS) is 15.5. The van der Waals surface area contributed by atoms with Crippen molar-refractivity contribution >= 4 is 12.0 Å². The summed E-state index contributed by atoms with van der Waals surface area (Å²) in [5.41, 5.74) is 1.78. The summed E-state index contributed by atoms with van der Waals surface area (Å²) in [6.07, 6.45) is 2.10. The van der Waals surface area contributed by atoms with Gasteiger partial charge in [-0.25, -0.2) is 0 Å². The molecule has 2 nitrogen and oxygen atoms in total. The molecule has 0 aliphatic carbocycles. The van der Waals surface area contributed by atoms with Crippen molar-refractivity contribution < 1.29 is 4.79 Å². The van der Waals surface area contributed by atoms with Crippen LogP contribution in [0, 0.1) is 6.07 Å². The molecule has 0 spiro atoms. The molecule has 2 rings (SSSR count). The molecule has 1 aromatic carbocycles. The lowest BCUT2D eigenvalue weighted by Crippen LogP contribution is -2.36. The van der Waals surface area contributed by atoms with Gasteiger partial charge in [0, 0.05) is 24.3 Å². The Bertz CT molecular complexity index is 292. The van der Waals surface area contributed by atoms with Crippen molar-refractivity contribution in [3.63, 3.8) is 0 Å². The summed E-state index contributed by atoms with van der Waals surface area (Å²) in [5.74, 6) is 0. The van der Waals surface area contributed by atoms with Gasteiger partial charge in [0.2, 0.25) is 0 Å². The molecule has 0 aromatic heterocycles. The number of aldehydes is 1. The monoisotopic (exact) mass is 160 g/mol. The molecule has 0 N–H and O–H groups in total. The van der Waals surface area contributed by atoms with Crippen molar-refractivity contribution in [3.05, 3.63) is 29.8 Å². The lowest BCUT2D eigenvalue weighted by Gasteiger charge is -2.33. The predicted molar refractivity (Wildman–Crippen MR) is 47.5 cm³/mol. The van der Waals surface area contributed by atoms with E-state index >= 15 is 0 Å². The highest BCUT2D eigenvalue weighted by Gasteiger charge is 2.13. The smallest absolute Gasteiger partial charge is 0.150 e. The molecule has 0 amide bonds. The number of anilines is 1. The topological polar surface area (TPSA) is 20.3 Å². The Morgan fingerprint density at radius 1 is 1.50 bits per heavy atom. The summed E-state index contributed by atoms with van der Waals surface area (Å²) in [7, 11) is 0. The van der Waals surface area contributed by atoms with E-state index in [0.717, 1.165) is 25.1 Å². The molecule has 0 bridgehead atoms. The van der Waals surface area contributed by atoms with Crippen LogP contribution in [0.5, 0.6) is 0 Å². The maximum atomic E-state index is 10.4. The standard InChI is InChI=1S/C10H10NO/c12-8-9-3-1-4-10(7-9)11-5-2-6-11/h1,4,7-8H,2,5-6H2. The van der Waals surface area contributed by atoms with Gasteiger partial charge in [-0.1, -0.05) is 6.07 Å². The highest BCUT2D eigenvalue weighted by atomic mass is 16.1. The molecule has 1 radical (unpaired) electrons. The molecule has 0 unspecified atom stereocenters. The number of carbonyl (C=O) groups excluding carboxylic acids is 1. The van der Waals surface area contributed by atoms with Crippen molar-refractivity contribution in [2.45, 2.75) is 6.42 Å². The SMILES string of the molecule is O=Cc1[c]ccc(N2CCC2)c1. The van der Waals surface area contributed by atoms with Crippen LogP contribution in [-0.2, 0) is 0 Å². The highest BCUT2D eigenvalue weighted by molar-refractivity contribution is 5.76. The second-order valence-electron chi connectivity index (χ2n) is 2.96. The number of hydrogen-bond acceptors (Lipinski definition) is 2. The van der Waals surface area contributed by atoms with Gasteiger partial charge in [-0.3, -0.25) is 4.79 Å². The molecule has 2 heteroatoms. The van der Waals surface area contributed by atoms with Crippen molar-refractivity contribution in [2.24, 2.45) is 0 Å². The molecule has 0 atom stereocenters. The Kier molecular flexibility index (Phi) is 1.82. The first-order chi connectivity index (χ1) is 5.90. The number of rotatable bonds is 2. The molecule has 61 valence electrons. The van der Waals surface area contributed by atoms with Gasteiger partial charge < -0.3 is 4.90 Å². The fourth-order valence-electron chi connectivity index (χ4n) is 1.31. The highest BCUT2D eigenvalue weighted by Crippen LogP contribution is 2.20. The Balaban J connectivity index is 2.25. The van der Waals surface area contributed by atoms with E-state index < -0.39 is 0 Å². The third kappa shape index (κ3) is 1.20. The van der Waals surface area contributed by atoms with Crippen LogP contribution in [0.25, 0.3) is 0 Å². The van der Waals surface area contributed by atoms with Crippen LogP contribution >= 0.6 is 0 Å². The Hall–Kier alpha value is -1.31. The summed E-state index contributed by atoms with van der Waals surface area (Å²) in [6.45, 7) is 2.23. The number of carbonyl (C=O) groups is 1. The van der Waals surface area contributed by atoms with Gasteiger partial charge in [-0.2, -0.15) is 0 Å². The average Bonchev–Trinajstić information content (AvgIpc) is 2.02. The molecule has 1 heterocycles. The van der Waals surface area contributed by atoms with Crippen molar-refractivity contribution in [1.82, 2.24) is 0 Å². The summed E-state index contributed by atoms with van der Waals surface area (Å²) in [4.78, 5) is 12.7. The van der Waals surface area contributed by atoms with Crippen LogP contribution in [-0.4, -0.2) is 19.4 Å². The van der Waals surface area contributed by atoms with Gasteiger partial charge in [-0.15, -0.1) is 0 Å². The van der Waals surface area contributed by atoms with Crippen molar-refractivity contribution in [1.29, 1.82) is 0 Å². The van der Waals surface area contributed by atoms with E-state index in [4.69, 9.17) is 0 Å². The first kappa shape index (κ1) is 7.35. The molecule has 1 fully saturated rings. The van der Waals surface area contributed by atoms with Crippen LogP contribution in [0.3, 0.4) is 0 Å². The zero-order valence-electron chi connectivity index (χ0n) is 6.79. The molecule has 0 saturated carbocycles. The number of hydrogen-bond donors (Lipinski definition) is 0. The fraction of sp³-hybridized carbons (Fsp3) is 0.300. The summed E-state index contributed by atoms with van der Waals surface area (Å²) in [6, 6.07) is 8.54. The molecule has 1 aliphatic heterocycles. The summed E-state index contributed by atoms with van der Waals surface area (Å²) < 4.78 is 0. The van der Waals surface area contributed by atoms with E-state index in [2.05, 4.69) is 11.0 Å². The molecule has 1 aliphatic rings. The van der Waals surface area contributed by atoms with Crippen LogP contribution in [0.2, 0.25) is 0 Å². The van der Waals surface area contributed by atoms with E-state index in [1.54, 1.807) is 6.07 Å². The maximum Gasteiger partial charge on any atom is 0.150 e. The van der Waals surface area contributed by atoms with E-state index in [9.17, 15) is 4.79 Å². The quantitative estimate of drug-likeness (QED) is 0.611. The van der Waals surface area contributed by atoms with Gasteiger partial charge in [0.1, 0.15) is 0 Å². The van der Waals surface area contributed by atoms with Crippen LogP contribution in [0.1, 0.15) is 16.8 Å². The zero-order valence-corrected chi connectivity index (χ0v) is 6.79. The van der Waals surface area contributed by atoms with E-state index in [-0.39, 0.29) is 0 Å². The maximum absolute atomic E-state index is 10.4. The van der Waals surface area contributed by atoms with Crippen LogP contribution in [0.4, 0.5) is 5.69 Å². The van der Waals surface area contributed by atoms with Gasteiger partial charge in [0.25, 0.3) is 0 Å². The molecular weight excluding hydrogens is 150 g/mol. The summed E-state index contributed by atoms with van der Waals surface area (Å²) in [5, 5.41) is 0. The first-order valence-electron chi connectivity index (χ1n) is 4.12. The van der Waals surface area contributed by atoms with Gasteiger partial charge >= 0.3 is 0 Å². The molecular formula is C10H10NO. The predicted octanol–water partition coefficient (Wildman–Crippen LogP) is 1.51. The van der Waals surface area contributed by atoms with Crippen LogP contribution < -0.4 is 4.90 Å². The fourth-order valence-corrected chi connectivity index (χ4v) is 1.31. The van der Waals surface area contributed by atoms with E-state index in [1.165, 1.54) is 6.42 Å². The van der Waals surface area contributed by atoms with Crippen molar-refractivity contribution in [3.8, 4) is 0 Å². The minimum atomic E-state index is 0.638. The second kappa shape index (κ2) is 2.97. The van der Waals surface area contributed by atoms with Crippen molar-refractivity contribution in [2.75, 3.05) is 18.0 Å². The minimum Gasteiger partial charge on any atom is -0.371 e. The van der Waals surface area contributed by atoms with E-state index in [1.807, 2.05) is 12.1 Å². The average molecular weight is 160 g/mol.